The van der Waals surface area contributed by atoms with E-state index in [9.17, 15) is 9.90 Å². The number of rotatable bonds is 5. The molecule has 1 rings (SSSR count). The second-order valence-corrected chi connectivity index (χ2v) is 3.99. The topological polar surface area (TPSA) is 59.0 Å². The number of hydrogen-bond acceptors (Lipinski definition) is 5. The third-order valence-electron chi connectivity index (χ3n) is 2.11. The quantitative estimate of drug-likeness (QED) is 0.637. The van der Waals surface area contributed by atoms with Crippen molar-refractivity contribution in [2.45, 2.75) is 26.1 Å². The van der Waals surface area contributed by atoms with Crippen molar-refractivity contribution in [3.8, 4) is 0 Å². The average Bonchev–Trinajstić information content (AvgIpc) is 2.15. The predicted molar refractivity (Wildman–Crippen MR) is 54.5 cm³/mol. The number of aliphatic hydroxyl groups is 1. The summed E-state index contributed by atoms with van der Waals surface area (Å²) in [4.78, 5) is 12.8. The molecule has 15 heavy (non-hydrogen) atoms. The maximum absolute atomic E-state index is 10.9. The Morgan fingerprint density at radius 1 is 1.60 bits per heavy atom. The minimum atomic E-state index is -0.543. The summed E-state index contributed by atoms with van der Waals surface area (Å²) < 4.78 is 10.1. The van der Waals surface area contributed by atoms with Crippen LogP contribution in [-0.2, 0) is 14.3 Å². The lowest BCUT2D eigenvalue weighted by Gasteiger charge is -2.27. The van der Waals surface area contributed by atoms with E-state index < -0.39 is 6.10 Å². The molecule has 1 aliphatic heterocycles. The van der Waals surface area contributed by atoms with Gasteiger partial charge in [0.05, 0.1) is 25.4 Å². The van der Waals surface area contributed by atoms with Crippen LogP contribution in [0.15, 0.2) is 0 Å². The monoisotopic (exact) mass is 217 g/mol. The molecule has 1 saturated heterocycles. The first kappa shape index (κ1) is 12.4. The summed E-state index contributed by atoms with van der Waals surface area (Å²) in [6, 6.07) is 0. The maximum atomic E-state index is 10.9. The van der Waals surface area contributed by atoms with E-state index in [4.69, 9.17) is 9.47 Å². The Labute approximate surface area is 90.0 Å². The SMILES string of the molecule is CC(C)OCC(O)CN1CCOC(=O)C1. The van der Waals surface area contributed by atoms with Crippen molar-refractivity contribution in [1.29, 1.82) is 0 Å². The lowest BCUT2D eigenvalue weighted by Crippen LogP contribution is -2.44. The van der Waals surface area contributed by atoms with Gasteiger partial charge in [-0.2, -0.15) is 0 Å². The van der Waals surface area contributed by atoms with Gasteiger partial charge in [-0.1, -0.05) is 0 Å². The zero-order valence-electron chi connectivity index (χ0n) is 9.31. The Bertz CT molecular complexity index is 208. The van der Waals surface area contributed by atoms with Gasteiger partial charge in [0, 0.05) is 13.1 Å². The molecule has 0 bridgehead atoms. The number of β-amino-alcohol motifs (C(OH)–C–C–N with tert-alkyl or cyclic N) is 1. The maximum Gasteiger partial charge on any atom is 0.320 e. The van der Waals surface area contributed by atoms with Gasteiger partial charge in [-0.15, -0.1) is 0 Å². The van der Waals surface area contributed by atoms with Crippen LogP contribution in [0.3, 0.4) is 0 Å². The normalized spacial score (nSPS) is 20.4. The number of hydrogen-bond donors (Lipinski definition) is 1. The van der Waals surface area contributed by atoms with Crippen molar-refractivity contribution >= 4 is 5.97 Å². The Kier molecular flexibility index (Phi) is 5.01. The van der Waals surface area contributed by atoms with Gasteiger partial charge in [-0.3, -0.25) is 9.69 Å². The second-order valence-electron chi connectivity index (χ2n) is 3.99. The lowest BCUT2D eigenvalue weighted by atomic mass is 10.3. The zero-order chi connectivity index (χ0) is 11.3. The summed E-state index contributed by atoms with van der Waals surface area (Å²) in [5, 5.41) is 9.62. The van der Waals surface area contributed by atoms with Crippen molar-refractivity contribution in [3.05, 3.63) is 0 Å². The van der Waals surface area contributed by atoms with E-state index in [1.165, 1.54) is 0 Å². The third kappa shape index (κ3) is 5.11. The van der Waals surface area contributed by atoms with Gasteiger partial charge in [0.25, 0.3) is 0 Å². The summed E-state index contributed by atoms with van der Waals surface area (Å²) in [6.45, 7) is 5.97. The third-order valence-corrected chi connectivity index (χ3v) is 2.11. The molecule has 1 fully saturated rings. The molecule has 0 aliphatic carbocycles. The number of carbonyl (C=O) groups is 1. The molecule has 88 valence electrons. The van der Waals surface area contributed by atoms with Gasteiger partial charge in [0.2, 0.25) is 0 Å². The Morgan fingerprint density at radius 2 is 2.33 bits per heavy atom. The fourth-order valence-corrected chi connectivity index (χ4v) is 1.41. The zero-order valence-corrected chi connectivity index (χ0v) is 9.31. The Balaban J connectivity index is 2.18. The van der Waals surface area contributed by atoms with E-state index in [1.54, 1.807) is 0 Å². The Hall–Kier alpha value is -0.650. The average molecular weight is 217 g/mol. The van der Waals surface area contributed by atoms with Crippen LogP contribution in [0, 0.1) is 0 Å². The van der Waals surface area contributed by atoms with Crippen molar-refractivity contribution in [3.63, 3.8) is 0 Å². The van der Waals surface area contributed by atoms with Crippen LogP contribution in [0.4, 0.5) is 0 Å². The van der Waals surface area contributed by atoms with Gasteiger partial charge in [-0.05, 0) is 13.8 Å². The molecule has 5 nitrogen and oxygen atoms in total. The molecular weight excluding hydrogens is 198 g/mol. The van der Waals surface area contributed by atoms with Crippen LogP contribution in [0.2, 0.25) is 0 Å². The highest BCUT2D eigenvalue weighted by molar-refractivity contribution is 5.72. The summed E-state index contributed by atoms with van der Waals surface area (Å²) in [5.74, 6) is -0.224. The van der Waals surface area contributed by atoms with E-state index in [0.29, 0.717) is 26.3 Å². The van der Waals surface area contributed by atoms with Crippen LogP contribution in [-0.4, -0.2) is 61.0 Å². The summed E-state index contributed by atoms with van der Waals surface area (Å²) in [6.07, 6.45) is -0.427. The van der Waals surface area contributed by atoms with Gasteiger partial charge in [0.1, 0.15) is 6.61 Å². The number of aliphatic hydroxyl groups excluding tert-OH is 1. The standard InChI is InChI=1S/C10H19NO4/c1-8(2)15-7-9(12)5-11-3-4-14-10(13)6-11/h8-9,12H,3-7H2,1-2H3. The number of morpholine rings is 1. The van der Waals surface area contributed by atoms with E-state index in [1.807, 2.05) is 18.7 Å². The number of esters is 1. The molecular formula is C10H19NO4. The van der Waals surface area contributed by atoms with Gasteiger partial charge in [0.15, 0.2) is 0 Å². The summed E-state index contributed by atoms with van der Waals surface area (Å²) in [7, 11) is 0. The highest BCUT2D eigenvalue weighted by atomic mass is 16.5. The molecule has 0 aromatic rings. The fraction of sp³-hybridized carbons (Fsp3) is 0.900. The van der Waals surface area contributed by atoms with Crippen molar-refractivity contribution in [1.82, 2.24) is 4.90 Å². The molecule has 5 heteroatoms. The van der Waals surface area contributed by atoms with E-state index in [0.717, 1.165) is 0 Å². The van der Waals surface area contributed by atoms with Gasteiger partial charge in [-0.25, -0.2) is 0 Å². The molecule has 1 heterocycles. The van der Waals surface area contributed by atoms with Crippen molar-refractivity contribution in [2.24, 2.45) is 0 Å². The number of ether oxygens (including phenoxy) is 2. The Morgan fingerprint density at radius 3 is 2.93 bits per heavy atom. The minimum Gasteiger partial charge on any atom is -0.463 e. The smallest absolute Gasteiger partial charge is 0.320 e. The molecule has 1 aliphatic rings. The summed E-state index contributed by atoms with van der Waals surface area (Å²) in [5.41, 5.74) is 0. The largest absolute Gasteiger partial charge is 0.463 e. The highest BCUT2D eigenvalue weighted by Crippen LogP contribution is 2.01. The molecule has 1 N–H and O–H groups in total. The molecule has 1 atom stereocenters. The first-order chi connectivity index (χ1) is 7.08. The van der Waals surface area contributed by atoms with Crippen LogP contribution >= 0.6 is 0 Å². The van der Waals surface area contributed by atoms with E-state index in [2.05, 4.69) is 0 Å². The molecule has 0 aromatic carbocycles. The van der Waals surface area contributed by atoms with Crippen LogP contribution in [0.25, 0.3) is 0 Å². The molecule has 0 amide bonds. The molecule has 0 radical (unpaired) electrons. The van der Waals surface area contributed by atoms with E-state index in [-0.39, 0.29) is 18.6 Å². The minimum absolute atomic E-state index is 0.117. The van der Waals surface area contributed by atoms with Crippen molar-refractivity contribution in [2.75, 3.05) is 32.8 Å². The van der Waals surface area contributed by atoms with Gasteiger partial charge < -0.3 is 14.6 Å². The lowest BCUT2D eigenvalue weighted by molar-refractivity contribution is -0.151. The fourth-order valence-electron chi connectivity index (χ4n) is 1.41. The number of carbonyl (C=O) groups excluding carboxylic acids is 1. The van der Waals surface area contributed by atoms with Crippen molar-refractivity contribution < 1.29 is 19.4 Å². The first-order valence-electron chi connectivity index (χ1n) is 5.25. The highest BCUT2D eigenvalue weighted by Gasteiger charge is 2.20. The number of cyclic esters (lactones) is 1. The molecule has 1 unspecified atom stereocenters. The number of nitrogens with zero attached hydrogens (tertiary/aromatic N) is 1. The van der Waals surface area contributed by atoms with E-state index >= 15 is 0 Å². The molecule has 0 saturated carbocycles. The molecule has 0 spiro atoms. The van der Waals surface area contributed by atoms with Crippen LogP contribution in [0.5, 0.6) is 0 Å². The summed E-state index contributed by atoms with van der Waals surface area (Å²) >= 11 is 0. The van der Waals surface area contributed by atoms with Crippen LogP contribution < -0.4 is 0 Å². The predicted octanol–water partition coefficient (Wildman–Crippen LogP) is -0.369. The molecule has 0 aromatic heterocycles. The second kappa shape index (κ2) is 6.05. The van der Waals surface area contributed by atoms with Gasteiger partial charge >= 0.3 is 5.97 Å². The first-order valence-corrected chi connectivity index (χ1v) is 5.25. The van der Waals surface area contributed by atoms with Crippen LogP contribution in [0.1, 0.15) is 13.8 Å².